The lowest BCUT2D eigenvalue weighted by Gasteiger charge is -2.09. The second-order valence-corrected chi connectivity index (χ2v) is 7.29. The molecule has 2 heterocycles. The van der Waals surface area contributed by atoms with Crippen LogP contribution in [0.15, 0.2) is 66.7 Å². The number of para-hydroxylation sites is 1. The van der Waals surface area contributed by atoms with Crippen LogP contribution in [0.5, 0.6) is 0 Å². The molecule has 0 saturated carbocycles. The van der Waals surface area contributed by atoms with E-state index < -0.39 is 0 Å². The van der Waals surface area contributed by atoms with Crippen LogP contribution >= 0.6 is 11.6 Å². The summed E-state index contributed by atoms with van der Waals surface area (Å²) in [5.74, 6) is 0. The molecule has 4 heteroatoms. The summed E-state index contributed by atoms with van der Waals surface area (Å²) >= 11 is 6.11. The summed E-state index contributed by atoms with van der Waals surface area (Å²) in [5, 5.41) is 1.91. The molecule has 4 rings (SSSR count). The zero-order valence-corrected chi connectivity index (χ0v) is 17.7. The maximum atomic E-state index is 6.11. The first kappa shape index (κ1) is 20.2. The van der Waals surface area contributed by atoms with Gasteiger partial charge in [0.15, 0.2) is 0 Å². The minimum Gasteiger partial charge on any atom is -1.00 e. The second-order valence-electron chi connectivity index (χ2n) is 6.85. The summed E-state index contributed by atoms with van der Waals surface area (Å²) < 4.78 is 4.49. The molecule has 4 aromatic rings. The van der Waals surface area contributed by atoms with Gasteiger partial charge in [-0.15, -0.1) is 0 Å². The van der Waals surface area contributed by atoms with E-state index >= 15 is 0 Å². The van der Waals surface area contributed by atoms with Gasteiger partial charge in [0.25, 0.3) is 0 Å². The van der Waals surface area contributed by atoms with Gasteiger partial charge in [0.2, 0.25) is 11.2 Å². The molecule has 0 amide bonds. The van der Waals surface area contributed by atoms with Crippen molar-refractivity contribution in [2.75, 3.05) is 0 Å². The third-order valence-electron chi connectivity index (χ3n) is 5.09. The van der Waals surface area contributed by atoms with Crippen LogP contribution in [0.2, 0.25) is 5.02 Å². The fourth-order valence-electron chi connectivity index (χ4n) is 3.66. The van der Waals surface area contributed by atoms with Crippen molar-refractivity contribution >= 4 is 34.7 Å². The highest BCUT2D eigenvalue weighted by Crippen LogP contribution is 2.23. The molecule has 0 spiro atoms. The van der Waals surface area contributed by atoms with Gasteiger partial charge in [-0.2, -0.15) is 4.57 Å². The molecule has 0 aliphatic rings. The first-order valence-electron chi connectivity index (χ1n) is 9.05. The average Bonchev–Trinajstić information content (AvgIpc) is 2.95. The van der Waals surface area contributed by atoms with Crippen molar-refractivity contribution in [1.82, 2.24) is 4.57 Å². The van der Waals surface area contributed by atoms with E-state index in [0.717, 1.165) is 21.6 Å². The van der Waals surface area contributed by atoms with Crippen LogP contribution in [0.4, 0.5) is 0 Å². The molecule has 2 aromatic carbocycles. The highest BCUT2D eigenvalue weighted by Gasteiger charge is 2.11. The third kappa shape index (κ3) is 3.71. The average molecular weight is 409 g/mol. The largest absolute Gasteiger partial charge is 1.00 e. The van der Waals surface area contributed by atoms with E-state index in [-0.39, 0.29) is 12.4 Å². The Hall–Kier alpha value is -2.55. The number of rotatable bonds is 3. The van der Waals surface area contributed by atoms with Gasteiger partial charge in [-0.05, 0) is 61.9 Å². The number of pyridine rings is 1. The molecule has 0 N–H and O–H groups in total. The molecule has 0 fully saturated rings. The first-order chi connectivity index (χ1) is 13.0. The van der Waals surface area contributed by atoms with Crippen molar-refractivity contribution in [2.24, 2.45) is 7.05 Å². The van der Waals surface area contributed by atoms with Crippen LogP contribution in [-0.4, -0.2) is 4.57 Å². The van der Waals surface area contributed by atoms with Gasteiger partial charge in [0.1, 0.15) is 7.05 Å². The number of fused-ring (bicyclic) bond motifs is 1. The number of benzene rings is 2. The number of halogens is 2. The van der Waals surface area contributed by atoms with Crippen LogP contribution in [-0.2, 0) is 7.05 Å². The van der Waals surface area contributed by atoms with E-state index in [4.69, 9.17) is 11.6 Å². The minimum atomic E-state index is 0. The van der Waals surface area contributed by atoms with E-state index in [0.29, 0.717) is 0 Å². The predicted molar refractivity (Wildman–Crippen MR) is 114 cm³/mol. The van der Waals surface area contributed by atoms with Crippen LogP contribution in [0.1, 0.15) is 22.6 Å². The lowest BCUT2D eigenvalue weighted by molar-refractivity contribution is -0.646. The molecule has 0 atom stereocenters. The Balaban J connectivity index is 0.00000225. The quantitative estimate of drug-likeness (QED) is 0.460. The molecular weight excluding hydrogens is 387 g/mol. The molecule has 0 unspecified atom stereocenters. The maximum absolute atomic E-state index is 6.11. The van der Waals surface area contributed by atoms with Crippen LogP contribution in [0.25, 0.3) is 28.7 Å². The van der Waals surface area contributed by atoms with Crippen molar-refractivity contribution in [1.29, 1.82) is 0 Å². The monoisotopic (exact) mass is 408 g/mol. The molecule has 142 valence electrons. The summed E-state index contributed by atoms with van der Waals surface area (Å²) in [6.07, 6.45) is 4.37. The van der Waals surface area contributed by atoms with Gasteiger partial charge < -0.3 is 17.0 Å². The van der Waals surface area contributed by atoms with E-state index in [9.17, 15) is 0 Å². The second kappa shape index (κ2) is 8.22. The zero-order valence-electron chi connectivity index (χ0n) is 16.2. The molecule has 0 aliphatic carbocycles. The topological polar surface area (TPSA) is 8.81 Å². The number of nitrogens with zero attached hydrogens (tertiary/aromatic N) is 2. The molecule has 28 heavy (non-hydrogen) atoms. The Bertz CT molecular complexity index is 1160. The highest BCUT2D eigenvalue weighted by atomic mass is 35.5. The normalized spacial score (nSPS) is 11.1. The minimum absolute atomic E-state index is 0. The lowest BCUT2D eigenvalue weighted by Crippen LogP contribution is -3.00. The Morgan fingerprint density at radius 2 is 1.64 bits per heavy atom. The van der Waals surface area contributed by atoms with Gasteiger partial charge in [-0.1, -0.05) is 29.8 Å². The Morgan fingerprint density at radius 3 is 2.39 bits per heavy atom. The smallest absolute Gasteiger partial charge is 0.212 e. The van der Waals surface area contributed by atoms with E-state index in [1.165, 1.54) is 22.6 Å². The molecule has 0 bridgehead atoms. The highest BCUT2D eigenvalue weighted by molar-refractivity contribution is 6.31. The van der Waals surface area contributed by atoms with E-state index in [2.05, 4.69) is 90.7 Å². The fourth-order valence-corrected chi connectivity index (χ4v) is 3.84. The Morgan fingerprint density at radius 1 is 0.893 bits per heavy atom. The predicted octanol–water partition coefficient (Wildman–Crippen LogP) is 2.90. The zero-order chi connectivity index (χ0) is 19.0. The van der Waals surface area contributed by atoms with Crippen LogP contribution < -0.4 is 17.0 Å². The fraction of sp³-hybridized carbons (Fsp3) is 0.125. The van der Waals surface area contributed by atoms with Gasteiger partial charge in [-0.3, -0.25) is 0 Å². The standard InChI is InChI=1S/C24H22ClN2.ClH/c1-17-15-19(18(2)27(17)23-7-5-4-6-8-23)9-12-22-13-10-20-16-21(25)11-14-24(20)26(22)3;/h4-16H,1-3H3;1H/q+1;/p-1. The van der Waals surface area contributed by atoms with Gasteiger partial charge in [0.05, 0.1) is 0 Å². The first-order valence-corrected chi connectivity index (χ1v) is 9.43. The third-order valence-corrected chi connectivity index (χ3v) is 5.33. The number of aryl methyl sites for hydroxylation is 2. The summed E-state index contributed by atoms with van der Waals surface area (Å²) in [6.45, 7) is 4.32. The van der Waals surface area contributed by atoms with Crippen molar-refractivity contribution in [2.45, 2.75) is 13.8 Å². The molecule has 0 aliphatic heterocycles. The number of hydrogen-bond donors (Lipinski definition) is 0. The Labute approximate surface area is 177 Å². The molecule has 0 radical (unpaired) electrons. The van der Waals surface area contributed by atoms with Gasteiger partial charge >= 0.3 is 0 Å². The van der Waals surface area contributed by atoms with Crippen LogP contribution in [0.3, 0.4) is 0 Å². The molecule has 2 nitrogen and oxygen atoms in total. The summed E-state index contributed by atoms with van der Waals surface area (Å²) in [5.41, 5.74) is 7.21. The summed E-state index contributed by atoms with van der Waals surface area (Å²) in [6, 6.07) is 23.0. The van der Waals surface area contributed by atoms with Gasteiger partial charge in [-0.25, -0.2) is 0 Å². The number of hydrogen-bond acceptors (Lipinski definition) is 0. The lowest BCUT2D eigenvalue weighted by atomic mass is 10.1. The van der Waals surface area contributed by atoms with E-state index in [1.54, 1.807) is 0 Å². The van der Waals surface area contributed by atoms with Crippen molar-refractivity contribution in [3.8, 4) is 5.69 Å². The van der Waals surface area contributed by atoms with Crippen molar-refractivity contribution in [3.05, 3.63) is 94.4 Å². The SMILES string of the molecule is Cc1cc(/C=C/c2ccc3cc(Cl)ccc3[n+]2C)c(C)n1-c1ccccc1.[Cl-]. The molecule has 2 aromatic heterocycles. The van der Waals surface area contributed by atoms with Crippen molar-refractivity contribution < 1.29 is 17.0 Å². The van der Waals surface area contributed by atoms with Crippen LogP contribution in [0, 0.1) is 13.8 Å². The van der Waals surface area contributed by atoms with E-state index in [1.807, 2.05) is 18.2 Å². The maximum Gasteiger partial charge on any atom is 0.212 e. The molecular formula is C24H22Cl2N2. The molecule has 0 saturated heterocycles. The van der Waals surface area contributed by atoms with Gasteiger partial charge in [0, 0.05) is 45.7 Å². The van der Waals surface area contributed by atoms with Crippen molar-refractivity contribution in [3.63, 3.8) is 0 Å². The summed E-state index contributed by atoms with van der Waals surface area (Å²) in [7, 11) is 2.09. The Kier molecular flexibility index (Phi) is 5.93. The number of aromatic nitrogens is 2. The summed E-state index contributed by atoms with van der Waals surface area (Å²) in [4.78, 5) is 0.